The fourth-order valence-electron chi connectivity index (χ4n) is 6.28. The van der Waals surface area contributed by atoms with Crippen LogP contribution in [0.3, 0.4) is 0 Å². The molecular weight excluding hydrogens is 1100 g/mol. The molecule has 0 rings (SSSR count). The zero-order valence-electron chi connectivity index (χ0n) is 52.7. The number of hydrogen-bond acceptors (Lipinski definition) is 22. The van der Waals surface area contributed by atoms with E-state index in [0.29, 0.717) is 18.8 Å². The second-order valence-corrected chi connectivity index (χ2v) is 14.8. The summed E-state index contributed by atoms with van der Waals surface area (Å²) in [5, 5.41) is 0. The van der Waals surface area contributed by atoms with Crippen LogP contribution in [-0.4, -0.2) is 154 Å². The fraction of sp³-hybridized carbons (Fsp3) is 0.645. The van der Waals surface area contributed by atoms with E-state index in [1.54, 1.807) is 6.92 Å². The van der Waals surface area contributed by atoms with Gasteiger partial charge in [-0.2, -0.15) is 0 Å². The lowest BCUT2D eigenvalue weighted by molar-refractivity contribution is -0.140. The van der Waals surface area contributed by atoms with Crippen LogP contribution < -0.4 is 0 Å². The Labute approximate surface area is 508 Å². The first kappa shape index (κ1) is 132. The summed E-state index contributed by atoms with van der Waals surface area (Å²) in [7, 11) is 0. The molecule has 0 saturated heterocycles. The highest BCUT2D eigenvalue weighted by molar-refractivity contribution is 5.86. The summed E-state index contributed by atoms with van der Waals surface area (Å²) >= 11 is 0. The number of unbranched alkanes of at least 4 members (excludes halogenated alkanes) is 33. The van der Waals surface area contributed by atoms with E-state index >= 15 is 0 Å². The lowest BCUT2D eigenvalue weighted by Crippen LogP contribution is -2.11. The van der Waals surface area contributed by atoms with Gasteiger partial charge < -0.3 is 101 Å². The Kier molecular flexibility index (Phi) is 400. The van der Waals surface area contributed by atoms with Gasteiger partial charge in [0.2, 0.25) is 0 Å². The van der Waals surface area contributed by atoms with Crippen molar-refractivity contribution in [1.82, 2.24) is 0 Å². The third-order valence-corrected chi connectivity index (χ3v) is 9.60. The monoisotopic (exact) mass is 1220 g/mol. The standard InChI is InChI=1S/C24H46O3.C21H40O2.17CH2O/c1-4-5-6-7-8-9-10-11-12-13-14-15-16-17-18-19-20-26-21-22-27-24(25)23(2)3;22-20-18-16-14-12-10-8-6-4-2-1-3-5-7-9-11-13-15-17-19-21-23;17*1-2/h2,4-22H2,1,3H3;20-21H,1-19H2;17*1H2. The van der Waals surface area contributed by atoms with E-state index in [1.165, 1.54) is 193 Å². The van der Waals surface area contributed by atoms with E-state index in [4.69, 9.17) is 91.0 Å². The molecule has 0 aliphatic heterocycles. The highest BCUT2D eigenvalue weighted by Crippen LogP contribution is 2.15. The first-order valence-corrected chi connectivity index (χ1v) is 26.8. The molecule has 22 heteroatoms. The average molecular weight is 1220 g/mol. The predicted octanol–water partition coefficient (Wildman–Crippen LogP) is 11.0. The maximum Gasteiger partial charge on any atom is 0.333 e. The Balaban J connectivity index is -0.0000000392. The molecule has 0 fully saturated rings. The SMILES string of the molecule is C=C(C)C(=O)OCCOCCCCCCCCCCCCCCCCCC.C=O.C=O.C=O.C=O.C=O.C=O.C=O.C=O.C=O.C=O.C=O.C=O.C=O.C=O.C=O.C=O.C=O.O=CCCCCCCCCCCCCCCCCCCCC=O. The zero-order chi connectivity index (χ0) is 70.9. The molecule has 84 heavy (non-hydrogen) atoms. The molecule has 0 saturated carbocycles. The van der Waals surface area contributed by atoms with E-state index < -0.39 is 0 Å². The van der Waals surface area contributed by atoms with E-state index in [9.17, 15) is 14.4 Å². The highest BCUT2D eigenvalue weighted by atomic mass is 16.6. The van der Waals surface area contributed by atoms with Gasteiger partial charge in [-0.1, -0.05) is 206 Å². The Morgan fingerprint density at radius 2 is 0.429 bits per heavy atom. The van der Waals surface area contributed by atoms with E-state index in [2.05, 4.69) is 13.5 Å². The molecule has 0 aliphatic carbocycles. The van der Waals surface area contributed by atoms with Gasteiger partial charge in [0.1, 0.15) is 135 Å². The number of hydrogen-bond donors (Lipinski definition) is 0. The topological polar surface area (TPSA) is 360 Å². The van der Waals surface area contributed by atoms with Gasteiger partial charge in [-0.05, 0) is 26.2 Å². The molecular formula is C62H120O22. The van der Waals surface area contributed by atoms with E-state index in [1.807, 2.05) is 115 Å². The first-order valence-electron chi connectivity index (χ1n) is 26.8. The van der Waals surface area contributed by atoms with Crippen LogP contribution in [-0.2, 0) is 105 Å². The molecule has 0 N–H and O–H groups in total. The van der Waals surface area contributed by atoms with Gasteiger partial charge in [-0.25, -0.2) is 4.79 Å². The van der Waals surface area contributed by atoms with Crippen molar-refractivity contribution < 1.29 is 105 Å². The van der Waals surface area contributed by atoms with Crippen molar-refractivity contribution in [3.8, 4) is 0 Å². The van der Waals surface area contributed by atoms with Crippen LogP contribution in [0.5, 0.6) is 0 Å². The van der Waals surface area contributed by atoms with Crippen LogP contribution in [0.4, 0.5) is 0 Å². The van der Waals surface area contributed by atoms with Gasteiger partial charge in [0.15, 0.2) is 0 Å². The van der Waals surface area contributed by atoms with Crippen LogP contribution in [0.15, 0.2) is 12.2 Å². The number of rotatable bonds is 41. The molecule has 0 aliphatic rings. The molecule has 0 amide bonds. The maximum absolute atomic E-state index is 11.2. The van der Waals surface area contributed by atoms with Crippen molar-refractivity contribution >= 4 is 134 Å². The summed E-state index contributed by atoms with van der Waals surface area (Å²) in [5.74, 6) is -0.332. The minimum absolute atomic E-state index is 0.324. The fourth-order valence-corrected chi connectivity index (χ4v) is 6.28. The van der Waals surface area contributed by atoms with Crippen LogP contribution in [0, 0.1) is 0 Å². The highest BCUT2D eigenvalue weighted by Gasteiger charge is 2.02. The molecule has 0 unspecified atom stereocenters. The molecule has 0 spiro atoms. The second kappa shape index (κ2) is 255. The van der Waals surface area contributed by atoms with Gasteiger partial charge >= 0.3 is 5.97 Å². The van der Waals surface area contributed by atoms with Crippen LogP contribution in [0.2, 0.25) is 0 Å². The van der Waals surface area contributed by atoms with E-state index in [0.717, 1.165) is 51.3 Å². The summed E-state index contributed by atoms with van der Waals surface area (Å²) in [5.41, 5.74) is 0.438. The molecule has 0 radical (unpaired) electrons. The van der Waals surface area contributed by atoms with Gasteiger partial charge in [0, 0.05) is 25.0 Å². The average Bonchev–Trinajstić information content (AvgIpc) is 3.60. The quantitative estimate of drug-likeness (QED) is 0.0237. The zero-order valence-corrected chi connectivity index (χ0v) is 52.7. The van der Waals surface area contributed by atoms with Crippen molar-refractivity contribution in [3.63, 3.8) is 0 Å². The van der Waals surface area contributed by atoms with Crippen LogP contribution >= 0.6 is 0 Å². The number of ether oxygens (including phenoxy) is 2. The number of carbonyl (C=O) groups excluding carboxylic acids is 20. The lowest BCUT2D eigenvalue weighted by atomic mass is 10.0. The lowest BCUT2D eigenvalue weighted by Gasteiger charge is -2.06. The van der Waals surface area contributed by atoms with Crippen molar-refractivity contribution in [2.24, 2.45) is 0 Å². The Morgan fingerprint density at radius 3 is 0.595 bits per heavy atom. The summed E-state index contributed by atoms with van der Waals surface area (Å²) in [6.07, 6.45) is 48.2. The molecule has 0 aromatic heterocycles. The van der Waals surface area contributed by atoms with Gasteiger partial charge in [-0.3, -0.25) is 0 Å². The summed E-state index contributed by atoms with van der Waals surface area (Å²) in [6.45, 7) is 43.1. The molecule has 22 nitrogen and oxygen atoms in total. The Bertz CT molecular complexity index is 899. The van der Waals surface area contributed by atoms with Crippen molar-refractivity contribution in [1.29, 1.82) is 0 Å². The Morgan fingerprint density at radius 1 is 0.262 bits per heavy atom. The predicted molar refractivity (Wildman–Crippen MR) is 337 cm³/mol. The minimum Gasteiger partial charge on any atom is -0.460 e. The number of esters is 1. The van der Waals surface area contributed by atoms with Crippen molar-refractivity contribution in [3.05, 3.63) is 12.2 Å². The Hall–Kier alpha value is -7.10. The molecule has 500 valence electrons. The molecule has 0 bridgehead atoms. The molecule has 0 aromatic carbocycles. The maximum atomic E-state index is 11.2. The van der Waals surface area contributed by atoms with E-state index in [-0.39, 0.29) is 5.97 Å². The summed E-state index contributed by atoms with van der Waals surface area (Å²) < 4.78 is 10.4. The normalized spacial score (nSPS) is 7.26. The smallest absolute Gasteiger partial charge is 0.333 e. The van der Waals surface area contributed by atoms with Crippen molar-refractivity contribution in [2.75, 3.05) is 19.8 Å². The largest absolute Gasteiger partial charge is 0.460 e. The summed E-state index contributed by atoms with van der Waals surface area (Å²) in [4.78, 5) is 168. The molecule has 0 aromatic rings. The summed E-state index contributed by atoms with van der Waals surface area (Å²) in [6, 6.07) is 0. The third kappa shape index (κ3) is 270. The molecule has 0 atom stereocenters. The number of aldehydes is 2. The van der Waals surface area contributed by atoms with Gasteiger partial charge in [0.25, 0.3) is 0 Å². The molecule has 0 heterocycles. The van der Waals surface area contributed by atoms with Gasteiger partial charge in [-0.15, -0.1) is 0 Å². The third-order valence-electron chi connectivity index (χ3n) is 9.60. The second-order valence-electron chi connectivity index (χ2n) is 14.8. The van der Waals surface area contributed by atoms with Gasteiger partial charge in [0.05, 0.1) is 6.61 Å². The van der Waals surface area contributed by atoms with Crippen LogP contribution in [0.1, 0.15) is 239 Å². The minimum atomic E-state index is -0.332. The van der Waals surface area contributed by atoms with Crippen LogP contribution in [0.25, 0.3) is 0 Å². The van der Waals surface area contributed by atoms with Crippen molar-refractivity contribution in [2.45, 2.75) is 239 Å². The first-order chi connectivity index (χ1) is 41.6. The number of carbonyl (C=O) groups is 20.